The number of hydrogen-bond donors (Lipinski definition) is 0. The van der Waals surface area contributed by atoms with Crippen LogP contribution >= 0.6 is 11.6 Å². The molecule has 0 atom stereocenters. The van der Waals surface area contributed by atoms with E-state index in [9.17, 15) is 4.39 Å². The van der Waals surface area contributed by atoms with Gasteiger partial charge in [0.1, 0.15) is 5.82 Å². The molecule has 0 N–H and O–H groups in total. The van der Waals surface area contributed by atoms with Crippen molar-refractivity contribution in [3.05, 3.63) is 65.5 Å². The van der Waals surface area contributed by atoms with Gasteiger partial charge in [-0.25, -0.2) is 4.39 Å². The van der Waals surface area contributed by atoms with Crippen molar-refractivity contribution in [1.82, 2.24) is 0 Å². The number of alkyl halides is 1. The van der Waals surface area contributed by atoms with E-state index in [1.54, 1.807) is 12.1 Å². The van der Waals surface area contributed by atoms with Crippen LogP contribution in [0.2, 0.25) is 0 Å². The summed E-state index contributed by atoms with van der Waals surface area (Å²) in [5, 5.41) is 0. The summed E-state index contributed by atoms with van der Waals surface area (Å²) in [5.41, 5.74) is 2.83. The van der Waals surface area contributed by atoms with Crippen molar-refractivity contribution in [3.63, 3.8) is 0 Å². The molecule has 0 aliphatic carbocycles. The molecule has 2 aromatic rings. The Balaban J connectivity index is 2.11. The van der Waals surface area contributed by atoms with Crippen LogP contribution in [0, 0.1) is 5.82 Å². The Morgan fingerprint density at radius 3 is 2.33 bits per heavy atom. The third kappa shape index (κ3) is 3.02. The Morgan fingerprint density at radius 2 is 1.72 bits per heavy atom. The van der Waals surface area contributed by atoms with E-state index in [-0.39, 0.29) is 5.82 Å². The second-order valence-electron chi connectivity index (χ2n) is 4.25. The largest absolute Gasteiger partial charge is 0.370 e. The van der Waals surface area contributed by atoms with Gasteiger partial charge < -0.3 is 4.90 Å². The first-order chi connectivity index (χ1) is 8.70. The number of benzene rings is 2. The fraction of sp³-hybridized carbons (Fsp3) is 0.200. The third-order valence-electron chi connectivity index (χ3n) is 2.90. The number of halogens is 2. The van der Waals surface area contributed by atoms with E-state index < -0.39 is 0 Å². The van der Waals surface area contributed by atoms with E-state index in [1.165, 1.54) is 6.07 Å². The zero-order valence-electron chi connectivity index (χ0n) is 10.2. The highest BCUT2D eigenvalue weighted by Gasteiger charge is 2.05. The van der Waals surface area contributed by atoms with Crippen molar-refractivity contribution in [2.45, 2.75) is 12.4 Å². The fourth-order valence-electron chi connectivity index (χ4n) is 1.81. The number of hydrogen-bond acceptors (Lipinski definition) is 1. The summed E-state index contributed by atoms with van der Waals surface area (Å²) < 4.78 is 13.5. The van der Waals surface area contributed by atoms with Gasteiger partial charge >= 0.3 is 0 Å². The van der Waals surface area contributed by atoms with Crippen LogP contribution in [0.25, 0.3) is 0 Å². The molecule has 3 heteroatoms. The Hall–Kier alpha value is -1.54. The molecular formula is C15H15ClFN. The van der Waals surface area contributed by atoms with Crippen molar-refractivity contribution in [2.24, 2.45) is 0 Å². The standard InChI is InChI=1S/C15H15ClFN/c1-18(11-13-4-2-3-5-15(13)17)14-8-6-12(10-16)7-9-14/h2-9H,10-11H2,1H3. The molecule has 0 spiro atoms. The molecule has 2 aromatic carbocycles. The maximum atomic E-state index is 13.5. The van der Waals surface area contributed by atoms with Gasteiger partial charge in [0.25, 0.3) is 0 Å². The van der Waals surface area contributed by atoms with Gasteiger partial charge in [-0.15, -0.1) is 11.6 Å². The molecule has 0 aromatic heterocycles. The van der Waals surface area contributed by atoms with Crippen molar-refractivity contribution in [2.75, 3.05) is 11.9 Å². The quantitative estimate of drug-likeness (QED) is 0.748. The molecule has 18 heavy (non-hydrogen) atoms. The molecular weight excluding hydrogens is 249 g/mol. The number of anilines is 1. The Bertz CT molecular complexity index is 510. The Kier molecular flexibility index (Phi) is 4.21. The van der Waals surface area contributed by atoms with Gasteiger partial charge in [-0.2, -0.15) is 0 Å². The molecule has 0 aliphatic rings. The summed E-state index contributed by atoms with van der Waals surface area (Å²) in [6.07, 6.45) is 0. The first-order valence-electron chi connectivity index (χ1n) is 5.80. The van der Waals surface area contributed by atoms with Crippen LogP contribution in [0.1, 0.15) is 11.1 Å². The lowest BCUT2D eigenvalue weighted by molar-refractivity contribution is 0.608. The van der Waals surface area contributed by atoms with Crippen LogP contribution in [-0.4, -0.2) is 7.05 Å². The van der Waals surface area contributed by atoms with Gasteiger partial charge in [0.05, 0.1) is 0 Å². The topological polar surface area (TPSA) is 3.24 Å². The molecule has 94 valence electrons. The molecule has 0 saturated heterocycles. The average Bonchev–Trinajstić information content (AvgIpc) is 2.41. The molecule has 0 bridgehead atoms. The Labute approximate surface area is 112 Å². The normalized spacial score (nSPS) is 10.4. The van der Waals surface area contributed by atoms with E-state index >= 15 is 0 Å². The summed E-state index contributed by atoms with van der Waals surface area (Å²) in [5.74, 6) is 0.346. The predicted molar refractivity (Wildman–Crippen MR) is 74.5 cm³/mol. The summed E-state index contributed by atoms with van der Waals surface area (Å²) in [6.45, 7) is 0.549. The smallest absolute Gasteiger partial charge is 0.128 e. The molecule has 0 saturated carbocycles. The average molecular weight is 264 g/mol. The molecule has 0 amide bonds. The first-order valence-corrected chi connectivity index (χ1v) is 6.33. The highest BCUT2D eigenvalue weighted by Crippen LogP contribution is 2.18. The number of nitrogens with zero attached hydrogens (tertiary/aromatic N) is 1. The van der Waals surface area contributed by atoms with E-state index in [0.29, 0.717) is 18.0 Å². The van der Waals surface area contributed by atoms with Crippen molar-refractivity contribution in [1.29, 1.82) is 0 Å². The van der Waals surface area contributed by atoms with E-state index in [2.05, 4.69) is 0 Å². The van der Waals surface area contributed by atoms with Gasteiger partial charge in [-0.3, -0.25) is 0 Å². The van der Waals surface area contributed by atoms with Gasteiger partial charge in [0.2, 0.25) is 0 Å². The van der Waals surface area contributed by atoms with Crippen LogP contribution in [0.5, 0.6) is 0 Å². The van der Waals surface area contributed by atoms with Crippen LogP contribution in [-0.2, 0) is 12.4 Å². The second kappa shape index (κ2) is 5.87. The highest BCUT2D eigenvalue weighted by molar-refractivity contribution is 6.17. The van der Waals surface area contributed by atoms with Crippen LogP contribution in [0.4, 0.5) is 10.1 Å². The highest BCUT2D eigenvalue weighted by atomic mass is 35.5. The molecule has 1 nitrogen and oxygen atoms in total. The third-order valence-corrected chi connectivity index (χ3v) is 3.21. The predicted octanol–water partition coefficient (Wildman–Crippen LogP) is 4.20. The van der Waals surface area contributed by atoms with Crippen LogP contribution in [0.3, 0.4) is 0 Å². The van der Waals surface area contributed by atoms with Crippen molar-refractivity contribution < 1.29 is 4.39 Å². The summed E-state index contributed by atoms with van der Waals surface area (Å²) in [7, 11) is 1.95. The lowest BCUT2D eigenvalue weighted by atomic mass is 10.1. The fourth-order valence-corrected chi connectivity index (χ4v) is 1.99. The monoisotopic (exact) mass is 263 g/mol. The van der Waals surface area contributed by atoms with Gasteiger partial charge in [-0.05, 0) is 23.8 Å². The van der Waals surface area contributed by atoms with E-state index in [1.807, 2.05) is 42.3 Å². The minimum Gasteiger partial charge on any atom is -0.370 e. The zero-order chi connectivity index (χ0) is 13.0. The van der Waals surface area contributed by atoms with Gasteiger partial charge in [-0.1, -0.05) is 30.3 Å². The summed E-state index contributed by atoms with van der Waals surface area (Å²) in [6, 6.07) is 14.8. The van der Waals surface area contributed by atoms with Crippen LogP contribution < -0.4 is 4.90 Å². The van der Waals surface area contributed by atoms with Crippen LogP contribution in [0.15, 0.2) is 48.5 Å². The molecule has 0 heterocycles. The van der Waals surface area contributed by atoms with E-state index in [0.717, 1.165) is 11.3 Å². The molecule has 0 unspecified atom stereocenters. The molecule has 0 fully saturated rings. The SMILES string of the molecule is CN(Cc1ccccc1F)c1ccc(CCl)cc1. The van der Waals surface area contributed by atoms with Gasteiger partial charge in [0, 0.05) is 30.7 Å². The molecule has 2 rings (SSSR count). The summed E-state index contributed by atoms with van der Waals surface area (Å²) >= 11 is 5.75. The summed E-state index contributed by atoms with van der Waals surface area (Å²) in [4.78, 5) is 2.01. The molecule has 0 radical (unpaired) electrons. The van der Waals surface area contributed by atoms with Crippen molar-refractivity contribution >= 4 is 17.3 Å². The minimum absolute atomic E-state index is 0.165. The lowest BCUT2D eigenvalue weighted by Gasteiger charge is -2.20. The van der Waals surface area contributed by atoms with Gasteiger partial charge in [0.15, 0.2) is 0 Å². The first kappa shape index (κ1) is 12.9. The second-order valence-corrected chi connectivity index (χ2v) is 4.51. The lowest BCUT2D eigenvalue weighted by Crippen LogP contribution is -2.17. The maximum absolute atomic E-state index is 13.5. The minimum atomic E-state index is -0.165. The zero-order valence-corrected chi connectivity index (χ0v) is 11.0. The molecule has 0 aliphatic heterocycles. The maximum Gasteiger partial charge on any atom is 0.128 e. The van der Waals surface area contributed by atoms with Crippen molar-refractivity contribution in [3.8, 4) is 0 Å². The Morgan fingerprint density at radius 1 is 1.06 bits per heavy atom. The number of rotatable bonds is 4. The van der Waals surface area contributed by atoms with E-state index in [4.69, 9.17) is 11.6 Å².